The Morgan fingerprint density at radius 1 is 1.29 bits per heavy atom. The lowest BCUT2D eigenvalue weighted by molar-refractivity contribution is 0.0946. The van der Waals surface area contributed by atoms with E-state index in [4.69, 9.17) is 0 Å². The maximum Gasteiger partial charge on any atom is 0.271 e. The molecule has 2 N–H and O–H groups in total. The summed E-state index contributed by atoms with van der Waals surface area (Å²) in [6.45, 7) is 4.27. The second-order valence-electron chi connectivity index (χ2n) is 4.61. The van der Waals surface area contributed by atoms with Gasteiger partial charge in [-0.15, -0.1) is 10.2 Å². The molecule has 2 heterocycles. The first-order valence-corrected chi connectivity index (χ1v) is 7.13. The Morgan fingerprint density at radius 2 is 2.19 bits per heavy atom. The van der Waals surface area contributed by atoms with Crippen molar-refractivity contribution in [3.05, 3.63) is 36.3 Å². The molecule has 1 amide bonds. The Morgan fingerprint density at radius 3 is 2.86 bits per heavy atom. The molecule has 0 unspecified atom stereocenters. The fraction of sp³-hybridized carbons (Fsp3) is 0.429. The molecule has 0 aromatic carbocycles. The summed E-state index contributed by atoms with van der Waals surface area (Å²) in [5.74, 6) is 0.483. The van der Waals surface area contributed by atoms with Crippen molar-refractivity contribution in [1.29, 1.82) is 0 Å². The summed E-state index contributed by atoms with van der Waals surface area (Å²) in [6, 6.07) is 5.32. The number of hydrogen-bond donors (Lipinski definition) is 2. The number of carbonyl (C=O) groups excluding carboxylic acids is 1. The maximum atomic E-state index is 11.9. The second kappa shape index (κ2) is 7.98. The molecule has 0 radical (unpaired) electrons. The van der Waals surface area contributed by atoms with Crippen molar-refractivity contribution in [2.75, 3.05) is 18.4 Å². The number of anilines is 1. The third kappa shape index (κ3) is 4.87. The molecule has 0 aliphatic carbocycles. The number of nitrogens with one attached hydrogen (secondary N) is 2. The molecular formula is C14H20N6O. The fourth-order valence-electron chi connectivity index (χ4n) is 1.77. The van der Waals surface area contributed by atoms with E-state index in [1.165, 1.54) is 0 Å². The third-order valence-corrected chi connectivity index (χ3v) is 2.86. The topological polar surface area (TPSA) is 84.7 Å². The van der Waals surface area contributed by atoms with E-state index >= 15 is 0 Å². The van der Waals surface area contributed by atoms with Crippen LogP contribution in [0.5, 0.6) is 0 Å². The van der Waals surface area contributed by atoms with E-state index in [9.17, 15) is 4.79 Å². The van der Waals surface area contributed by atoms with Crippen LogP contribution in [0.1, 0.15) is 30.3 Å². The van der Waals surface area contributed by atoms with E-state index in [0.29, 0.717) is 18.1 Å². The largest absolute Gasteiger partial charge is 0.369 e. The number of aromatic nitrogens is 4. The van der Waals surface area contributed by atoms with Gasteiger partial charge in [0, 0.05) is 32.0 Å². The predicted molar refractivity (Wildman–Crippen MR) is 80.0 cm³/mol. The van der Waals surface area contributed by atoms with Crippen molar-refractivity contribution in [2.24, 2.45) is 0 Å². The summed E-state index contributed by atoms with van der Waals surface area (Å²) < 4.78 is 1.83. The highest BCUT2D eigenvalue weighted by Gasteiger charge is 2.07. The minimum Gasteiger partial charge on any atom is -0.369 e. The fourth-order valence-corrected chi connectivity index (χ4v) is 1.77. The second-order valence-corrected chi connectivity index (χ2v) is 4.61. The first kappa shape index (κ1) is 15.0. The molecular weight excluding hydrogens is 268 g/mol. The monoisotopic (exact) mass is 288 g/mol. The quantitative estimate of drug-likeness (QED) is 0.716. The Kier molecular flexibility index (Phi) is 5.69. The van der Waals surface area contributed by atoms with E-state index in [2.05, 4.69) is 32.9 Å². The third-order valence-electron chi connectivity index (χ3n) is 2.86. The van der Waals surface area contributed by atoms with Crippen LogP contribution in [-0.2, 0) is 6.54 Å². The van der Waals surface area contributed by atoms with Gasteiger partial charge in [0.05, 0.1) is 0 Å². The summed E-state index contributed by atoms with van der Waals surface area (Å²) in [4.78, 5) is 11.9. The molecule has 0 atom stereocenters. The van der Waals surface area contributed by atoms with Crippen LogP contribution in [-0.4, -0.2) is 39.0 Å². The predicted octanol–water partition coefficient (Wildman–Crippen LogP) is 1.32. The van der Waals surface area contributed by atoms with Gasteiger partial charge in [0.2, 0.25) is 0 Å². The minimum absolute atomic E-state index is 0.204. The van der Waals surface area contributed by atoms with Crippen molar-refractivity contribution < 1.29 is 4.79 Å². The van der Waals surface area contributed by atoms with E-state index in [-0.39, 0.29) is 5.91 Å². The maximum absolute atomic E-state index is 11.9. The smallest absolute Gasteiger partial charge is 0.271 e. The van der Waals surface area contributed by atoms with Crippen LogP contribution in [0.25, 0.3) is 0 Å². The standard InChI is InChI=1S/C14H20N6O/c1-2-7-15-13-6-5-12(18-19-13)14(21)16-8-3-10-20-11-4-9-17-20/h4-6,9,11H,2-3,7-8,10H2,1H3,(H,15,19)(H,16,21). The molecule has 0 aliphatic heterocycles. The van der Waals surface area contributed by atoms with Gasteiger partial charge in [-0.1, -0.05) is 6.92 Å². The van der Waals surface area contributed by atoms with E-state index in [1.807, 2.05) is 16.9 Å². The number of amides is 1. The minimum atomic E-state index is -0.204. The highest BCUT2D eigenvalue weighted by Crippen LogP contribution is 2.02. The van der Waals surface area contributed by atoms with E-state index < -0.39 is 0 Å². The molecule has 0 spiro atoms. The Bertz CT molecular complexity index is 537. The van der Waals surface area contributed by atoms with Crippen molar-refractivity contribution >= 4 is 11.7 Å². The van der Waals surface area contributed by atoms with Crippen LogP contribution in [0.3, 0.4) is 0 Å². The van der Waals surface area contributed by atoms with Crippen LogP contribution in [0.15, 0.2) is 30.6 Å². The SMILES string of the molecule is CCCNc1ccc(C(=O)NCCCn2cccn2)nn1. The molecule has 21 heavy (non-hydrogen) atoms. The van der Waals surface area contributed by atoms with Crippen molar-refractivity contribution in [3.8, 4) is 0 Å². The highest BCUT2D eigenvalue weighted by molar-refractivity contribution is 5.92. The van der Waals surface area contributed by atoms with E-state index in [1.54, 1.807) is 18.3 Å². The van der Waals surface area contributed by atoms with Gasteiger partial charge >= 0.3 is 0 Å². The van der Waals surface area contributed by atoms with Crippen LogP contribution in [0.2, 0.25) is 0 Å². The number of hydrogen-bond acceptors (Lipinski definition) is 5. The molecule has 0 aliphatic rings. The average molecular weight is 288 g/mol. The molecule has 0 saturated carbocycles. The average Bonchev–Trinajstić information content (AvgIpc) is 3.03. The lowest BCUT2D eigenvalue weighted by atomic mass is 10.3. The normalized spacial score (nSPS) is 10.3. The van der Waals surface area contributed by atoms with Gasteiger partial charge < -0.3 is 10.6 Å². The molecule has 0 bridgehead atoms. The van der Waals surface area contributed by atoms with Crippen LogP contribution < -0.4 is 10.6 Å². The first-order valence-electron chi connectivity index (χ1n) is 7.13. The molecule has 2 rings (SSSR count). The van der Waals surface area contributed by atoms with Gasteiger partial charge in [0.15, 0.2) is 5.69 Å². The molecule has 7 heteroatoms. The van der Waals surface area contributed by atoms with Crippen LogP contribution >= 0.6 is 0 Å². The van der Waals surface area contributed by atoms with Crippen LogP contribution in [0.4, 0.5) is 5.82 Å². The zero-order chi connectivity index (χ0) is 14.9. The number of carbonyl (C=O) groups is 1. The molecule has 7 nitrogen and oxygen atoms in total. The number of nitrogens with zero attached hydrogens (tertiary/aromatic N) is 4. The molecule has 0 saturated heterocycles. The summed E-state index contributed by atoms with van der Waals surface area (Å²) in [5.41, 5.74) is 0.330. The van der Waals surface area contributed by atoms with Gasteiger partial charge in [-0.2, -0.15) is 5.10 Å². The van der Waals surface area contributed by atoms with E-state index in [0.717, 1.165) is 25.9 Å². The van der Waals surface area contributed by atoms with Gasteiger partial charge in [0.25, 0.3) is 5.91 Å². The number of rotatable bonds is 8. The molecule has 2 aromatic rings. The lowest BCUT2D eigenvalue weighted by Gasteiger charge is -2.06. The van der Waals surface area contributed by atoms with Gasteiger partial charge in [-0.25, -0.2) is 0 Å². The summed E-state index contributed by atoms with van der Waals surface area (Å²) in [5, 5.41) is 17.9. The van der Waals surface area contributed by atoms with Gasteiger partial charge in [-0.05, 0) is 31.0 Å². The van der Waals surface area contributed by atoms with Crippen molar-refractivity contribution in [1.82, 2.24) is 25.3 Å². The number of aryl methyl sites for hydroxylation is 1. The van der Waals surface area contributed by atoms with Crippen molar-refractivity contribution in [2.45, 2.75) is 26.3 Å². The van der Waals surface area contributed by atoms with Gasteiger partial charge in [0.1, 0.15) is 5.82 Å². The Hall–Kier alpha value is -2.44. The summed E-state index contributed by atoms with van der Waals surface area (Å²) in [7, 11) is 0. The molecule has 112 valence electrons. The molecule has 0 fully saturated rings. The Labute approximate surface area is 123 Å². The van der Waals surface area contributed by atoms with Crippen molar-refractivity contribution in [3.63, 3.8) is 0 Å². The van der Waals surface area contributed by atoms with Crippen LogP contribution in [0, 0.1) is 0 Å². The van der Waals surface area contributed by atoms with Gasteiger partial charge in [-0.3, -0.25) is 9.48 Å². The lowest BCUT2D eigenvalue weighted by Crippen LogP contribution is -2.26. The highest BCUT2D eigenvalue weighted by atomic mass is 16.1. The zero-order valence-corrected chi connectivity index (χ0v) is 12.1. The summed E-state index contributed by atoms with van der Waals surface area (Å²) in [6.07, 6.45) is 5.47. The molecule has 2 aromatic heterocycles. The Balaban J connectivity index is 1.72. The summed E-state index contributed by atoms with van der Waals surface area (Å²) >= 11 is 0. The first-order chi connectivity index (χ1) is 10.3. The zero-order valence-electron chi connectivity index (χ0n) is 12.1.